The van der Waals surface area contributed by atoms with Crippen molar-refractivity contribution in [2.24, 2.45) is 5.73 Å². The maximum atomic E-state index is 10.8. The van der Waals surface area contributed by atoms with Crippen LogP contribution in [0.3, 0.4) is 0 Å². The minimum atomic E-state index is -0.527. The molecule has 0 bridgehead atoms. The molecule has 15 heavy (non-hydrogen) atoms. The van der Waals surface area contributed by atoms with Crippen LogP contribution in [0.5, 0.6) is 0 Å². The van der Waals surface area contributed by atoms with Crippen LogP contribution in [0, 0.1) is 11.3 Å². The van der Waals surface area contributed by atoms with Crippen molar-refractivity contribution in [3.63, 3.8) is 0 Å². The topological polar surface area (TPSA) is 105 Å². The van der Waals surface area contributed by atoms with Crippen LogP contribution in [0.2, 0.25) is 0 Å². The van der Waals surface area contributed by atoms with Gasteiger partial charge in [0.05, 0.1) is 11.3 Å². The van der Waals surface area contributed by atoms with E-state index in [9.17, 15) is 4.79 Å². The van der Waals surface area contributed by atoms with Crippen molar-refractivity contribution in [3.05, 3.63) is 23.8 Å². The molecule has 0 saturated carbocycles. The quantitative estimate of drug-likeness (QED) is 0.620. The van der Waals surface area contributed by atoms with E-state index >= 15 is 0 Å². The number of primary amides is 1. The highest BCUT2D eigenvalue weighted by atomic mass is 16.1. The van der Waals surface area contributed by atoms with E-state index < -0.39 is 11.9 Å². The molecule has 78 valence electrons. The number of hydrogen-bond acceptors (Lipinski definition) is 4. The lowest BCUT2D eigenvalue weighted by Crippen LogP contribution is -2.32. The number of nitrogens with two attached hydrogens (primary N) is 2. The van der Waals surface area contributed by atoms with Crippen molar-refractivity contribution >= 4 is 17.3 Å². The van der Waals surface area contributed by atoms with Crippen molar-refractivity contribution < 1.29 is 4.79 Å². The summed E-state index contributed by atoms with van der Waals surface area (Å²) in [5.74, 6) is -0.476. The molecule has 5 N–H and O–H groups in total. The predicted octanol–water partition coefficient (Wildman–Crippen LogP) is 0.426. The first-order chi connectivity index (χ1) is 7.04. The van der Waals surface area contributed by atoms with Crippen LogP contribution in [0.1, 0.15) is 12.5 Å². The first-order valence-corrected chi connectivity index (χ1v) is 4.40. The molecule has 0 aliphatic heterocycles. The van der Waals surface area contributed by atoms with Gasteiger partial charge in [-0.25, -0.2) is 0 Å². The third kappa shape index (κ3) is 2.61. The normalized spacial score (nSPS) is 11.5. The van der Waals surface area contributed by atoms with Gasteiger partial charge in [0, 0.05) is 5.69 Å². The van der Waals surface area contributed by atoms with Crippen LogP contribution in [-0.4, -0.2) is 11.9 Å². The molecule has 0 fully saturated rings. The van der Waals surface area contributed by atoms with E-state index in [4.69, 9.17) is 16.7 Å². The third-order valence-corrected chi connectivity index (χ3v) is 1.96. The molecule has 1 amide bonds. The van der Waals surface area contributed by atoms with E-state index in [2.05, 4.69) is 5.32 Å². The second-order valence-electron chi connectivity index (χ2n) is 3.19. The van der Waals surface area contributed by atoms with Crippen LogP contribution in [0.15, 0.2) is 18.2 Å². The molecule has 0 saturated heterocycles. The average molecular weight is 204 g/mol. The van der Waals surface area contributed by atoms with Gasteiger partial charge in [-0.15, -0.1) is 0 Å². The van der Waals surface area contributed by atoms with Gasteiger partial charge < -0.3 is 16.8 Å². The standard InChI is InChI=1S/C10H12N4O/c1-6(10(13)15)14-9-3-2-8(12)4-7(9)5-11/h2-4,6,14H,12H2,1H3,(H2,13,15). The van der Waals surface area contributed by atoms with Crippen LogP contribution in [0.4, 0.5) is 11.4 Å². The van der Waals surface area contributed by atoms with Crippen LogP contribution >= 0.6 is 0 Å². The zero-order valence-corrected chi connectivity index (χ0v) is 8.32. The van der Waals surface area contributed by atoms with Crippen LogP contribution in [-0.2, 0) is 4.79 Å². The van der Waals surface area contributed by atoms with Crippen molar-refractivity contribution in [1.82, 2.24) is 0 Å². The Kier molecular flexibility index (Phi) is 3.13. The number of nitrogen functional groups attached to an aromatic ring is 1. The summed E-state index contributed by atoms with van der Waals surface area (Å²) in [6.45, 7) is 1.62. The molecular formula is C10H12N4O. The lowest BCUT2D eigenvalue weighted by Gasteiger charge is -2.12. The Labute approximate surface area is 87.7 Å². The minimum absolute atomic E-state index is 0.392. The second-order valence-corrected chi connectivity index (χ2v) is 3.19. The summed E-state index contributed by atoms with van der Waals surface area (Å²) in [6, 6.07) is 6.29. The summed E-state index contributed by atoms with van der Waals surface area (Å²) < 4.78 is 0. The SMILES string of the molecule is CC(Nc1ccc(N)cc1C#N)C(N)=O. The van der Waals surface area contributed by atoms with Gasteiger partial charge in [-0.3, -0.25) is 4.79 Å². The average Bonchev–Trinajstić information content (AvgIpc) is 2.20. The van der Waals surface area contributed by atoms with E-state index in [1.165, 1.54) is 6.07 Å². The van der Waals surface area contributed by atoms with Gasteiger partial charge >= 0.3 is 0 Å². The highest BCUT2D eigenvalue weighted by molar-refractivity contribution is 5.83. The molecule has 1 aromatic carbocycles. The molecule has 0 aromatic heterocycles. The van der Waals surface area contributed by atoms with Gasteiger partial charge in [-0.1, -0.05) is 0 Å². The number of amides is 1. The maximum Gasteiger partial charge on any atom is 0.239 e. The van der Waals surface area contributed by atoms with E-state index in [0.29, 0.717) is 16.9 Å². The Morgan fingerprint density at radius 1 is 1.60 bits per heavy atom. The van der Waals surface area contributed by atoms with Gasteiger partial charge in [-0.2, -0.15) is 5.26 Å². The second kappa shape index (κ2) is 4.33. The molecule has 0 spiro atoms. The Hall–Kier alpha value is -2.22. The molecule has 5 heteroatoms. The smallest absolute Gasteiger partial charge is 0.239 e. The van der Waals surface area contributed by atoms with Gasteiger partial charge in [0.25, 0.3) is 0 Å². The first-order valence-electron chi connectivity index (χ1n) is 4.40. The molecule has 0 radical (unpaired) electrons. The monoisotopic (exact) mass is 204 g/mol. The van der Waals surface area contributed by atoms with E-state index in [-0.39, 0.29) is 0 Å². The van der Waals surface area contributed by atoms with Gasteiger partial charge in [0.1, 0.15) is 12.1 Å². The molecular weight excluding hydrogens is 192 g/mol. The number of nitriles is 1. The highest BCUT2D eigenvalue weighted by Gasteiger charge is 2.10. The van der Waals surface area contributed by atoms with E-state index in [1.54, 1.807) is 19.1 Å². The number of carbonyl (C=O) groups is 1. The van der Waals surface area contributed by atoms with Crippen molar-refractivity contribution in [2.45, 2.75) is 13.0 Å². The van der Waals surface area contributed by atoms with Crippen molar-refractivity contribution in [2.75, 3.05) is 11.1 Å². The molecule has 0 heterocycles. The van der Waals surface area contributed by atoms with Crippen LogP contribution in [0.25, 0.3) is 0 Å². The maximum absolute atomic E-state index is 10.8. The number of nitrogens with zero attached hydrogens (tertiary/aromatic N) is 1. The molecule has 0 aliphatic carbocycles. The summed E-state index contributed by atoms with van der Waals surface area (Å²) in [6.07, 6.45) is 0. The fourth-order valence-electron chi connectivity index (χ4n) is 1.08. The number of hydrogen-bond donors (Lipinski definition) is 3. The number of carbonyl (C=O) groups excluding carboxylic acids is 1. The van der Waals surface area contributed by atoms with E-state index in [0.717, 1.165) is 0 Å². The molecule has 1 rings (SSSR count). The Balaban J connectivity index is 2.96. The van der Waals surface area contributed by atoms with Crippen LogP contribution < -0.4 is 16.8 Å². The summed E-state index contributed by atoms with van der Waals surface area (Å²) in [7, 11) is 0. The number of nitrogens with one attached hydrogen (secondary N) is 1. The zero-order chi connectivity index (χ0) is 11.4. The molecule has 1 atom stereocenters. The summed E-state index contributed by atoms with van der Waals surface area (Å²) in [5, 5.41) is 11.7. The minimum Gasteiger partial charge on any atom is -0.399 e. The van der Waals surface area contributed by atoms with Crippen molar-refractivity contribution in [1.29, 1.82) is 5.26 Å². The summed E-state index contributed by atoms with van der Waals surface area (Å²) in [4.78, 5) is 10.8. The number of anilines is 2. The fourth-order valence-corrected chi connectivity index (χ4v) is 1.08. The largest absolute Gasteiger partial charge is 0.399 e. The lowest BCUT2D eigenvalue weighted by atomic mass is 10.1. The Morgan fingerprint density at radius 3 is 2.80 bits per heavy atom. The zero-order valence-electron chi connectivity index (χ0n) is 8.32. The predicted molar refractivity (Wildman–Crippen MR) is 57.8 cm³/mol. The van der Waals surface area contributed by atoms with Gasteiger partial charge in [-0.05, 0) is 25.1 Å². The highest BCUT2D eigenvalue weighted by Crippen LogP contribution is 2.18. The van der Waals surface area contributed by atoms with Gasteiger partial charge in [0.15, 0.2) is 0 Å². The third-order valence-electron chi connectivity index (χ3n) is 1.96. The molecule has 1 unspecified atom stereocenters. The molecule has 0 aliphatic rings. The Bertz CT molecular complexity index is 422. The fraction of sp³-hybridized carbons (Fsp3) is 0.200. The Morgan fingerprint density at radius 2 is 2.27 bits per heavy atom. The summed E-state index contributed by atoms with van der Waals surface area (Å²) in [5.41, 5.74) is 12.1. The molecule has 1 aromatic rings. The van der Waals surface area contributed by atoms with Gasteiger partial charge in [0.2, 0.25) is 5.91 Å². The lowest BCUT2D eigenvalue weighted by molar-refractivity contribution is -0.118. The summed E-state index contributed by atoms with van der Waals surface area (Å²) >= 11 is 0. The molecule has 5 nitrogen and oxygen atoms in total. The van der Waals surface area contributed by atoms with E-state index in [1.807, 2.05) is 6.07 Å². The number of benzene rings is 1. The van der Waals surface area contributed by atoms with Crippen molar-refractivity contribution in [3.8, 4) is 6.07 Å². The first kappa shape index (κ1) is 10.9. The number of rotatable bonds is 3.